The van der Waals surface area contributed by atoms with E-state index in [0.29, 0.717) is 34.8 Å². The third-order valence-corrected chi connectivity index (χ3v) is 10.4. The number of ether oxygens (including phenoxy) is 1. The zero-order chi connectivity index (χ0) is 38.4. The molecule has 5 aromatic rings. The number of carbonyl (C=O) groups is 3. The summed E-state index contributed by atoms with van der Waals surface area (Å²) in [6.07, 6.45) is 18.7. The van der Waals surface area contributed by atoms with Crippen LogP contribution in [0.5, 0.6) is 0 Å². The Morgan fingerprint density at radius 1 is 0.704 bits per heavy atom. The highest BCUT2D eigenvalue weighted by Gasteiger charge is 2.27. The van der Waals surface area contributed by atoms with Crippen molar-refractivity contribution >= 4 is 63.2 Å². The number of carbonyl (C=O) groups excluding carboxylic acids is 3. The molecule has 0 atom stereocenters. The van der Waals surface area contributed by atoms with Crippen LogP contribution in [0.2, 0.25) is 5.28 Å². The number of amides is 2. The molecular formula is C39H49ClN10O4. The number of halogens is 1. The van der Waals surface area contributed by atoms with Crippen LogP contribution in [0, 0.1) is 0 Å². The van der Waals surface area contributed by atoms with Crippen LogP contribution < -0.4 is 5.32 Å². The molecule has 0 radical (unpaired) electrons. The van der Waals surface area contributed by atoms with Gasteiger partial charge in [0.05, 0.1) is 12.7 Å². The van der Waals surface area contributed by atoms with Gasteiger partial charge in [-0.15, -0.1) is 0 Å². The predicted molar refractivity (Wildman–Crippen MR) is 208 cm³/mol. The monoisotopic (exact) mass is 756 g/mol. The number of fused-ring (bicyclic) bond motifs is 2. The first-order valence-electron chi connectivity index (χ1n) is 18.7. The Kier molecular flexibility index (Phi) is 12.4. The standard InChI is InChI=1S/C23H28N6O3.C16H21ClN4O/c1-28(2)21(30)18-12-16-14-25-23(26-19-11-10-15(13-24-19)22(31)32-3)27-20(16)29(18)17-8-6-4-5-7-9-17;1-20(2)15(22)13-9-11-10-18-16(17)19-14(11)21(13)12-7-5-3-4-6-8-12/h10-14,17H,4-9H2,1-3H3,(H,24,25,26,27);9-10,12H,3-8H2,1-2H3. The normalized spacial score (nSPS) is 15.5. The van der Waals surface area contributed by atoms with E-state index in [1.54, 1.807) is 62.5 Å². The molecule has 2 aliphatic carbocycles. The lowest BCUT2D eigenvalue weighted by Gasteiger charge is -2.21. The second kappa shape index (κ2) is 17.4. The number of anilines is 2. The lowest BCUT2D eigenvalue weighted by atomic mass is 10.1. The molecule has 0 unspecified atom stereocenters. The fraction of sp³-hybridized carbons (Fsp3) is 0.487. The summed E-state index contributed by atoms with van der Waals surface area (Å²) in [6, 6.07) is 7.61. The van der Waals surface area contributed by atoms with Crippen LogP contribution in [0.3, 0.4) is 0 Å². The first-order chi connectivity index (χ1) is 26.0. The lowest BCUT2D eigenvalue weighted by molar-refractivity contribution is 0.0599. The molecule has 2 amide bonds. The number of nitrogens with zero attached hydrogens (tertiary/aromatic N) is 9. The predicted octanol–water partition coefficient (Wildman–Crippen LogP) is 7.64. The quantitative estimate of drug-likeness (QED) is 0.0996. The Hall–Kier alpha value is -5.11. The van der Waals surface area contributed by atoms with E-state index in [9.17, 15) is 14.4 Å². The summed E-state index contributed by atoms with van der Waals surface area (Å²) in [5, 5.41) is 5.02. The van der Waals surface area contributed by atoms with E-state index in [-0.39, 0.29) is 23.1 Å². The molecule has 0 bridgehead atoms. The Labute approximate surface area is 320 Å². The van der Waals surface area contributed by atoms with Crippen molar-refractivity contribution in [1.82, 2.24) is 43.9 Å². The summed E-state index contributed by atoms with van der Waals surface area (Å²) < 4.78 is 8.90. The summed E-state index contributed by atoms with van der Waals surface area (Å²) >= 11 is 5.98. The van der Waals surface area contributed by atoms with E-state index < -0.39 is 5.97 Å². The van der Waals surface area contributed by atoms with Gasteiger partial charge in [-0.25, -0.2) is 19.7 Å². The van der Waals surface area contributed by atoms with Gasteiger partial charge >= 0.3 is 5.97 Å². The third kappa shape index (κ3) is 8.64. The first-order valence-corrected chi connectivity index (χ1v) is 19.1. The molecule has 0 aliphatic heterocycles. The number of esters is 1. The maximum atomic E-state index is 12.9. The number of nitrogens with one attached hydrogen (secondary N) is 1. The molecule has 2 aliphatic rings. The van der Waals surface area contributed by atoms with Gasteiger partial charge in [-0.1, -0.05) is 51.4 Å². The van der Waals surface area contributed by atoms with Crippen LogP contribution in [0.1, 0.15) is 120 Å². The minimum atomic E-state index is -0.443. The fourth-order valence-electron chi connectivity index (χ4n) is 7.44. The molecular weight excluding hydrogens is 708 g/mol. The van der Waals surface area contributed by atoms with Crippen molar-refractivity contribution in [2.45, 2.75) is 89.1 Å². The minimum Gasteiger partial charge on any atom is -0.465 e. The van der Waals surface area contributed by atoms with Gasteiger partial charge in [0.15, 0.2) is 0 Å². The van der Waals surface area contributed by atoms with E-state index in [2.05, 4.69) is 34.4 Å². The second-order valence-corrected chi connectivity index (χ2v) is 14.8. The van der Waals surface area contributed by atoms with Crippen molar-refractivity contribution < 1.29 is 19.1 Å². The largest absolute Gasteiger partial charge is 0.465 e. The van der Waals surface area contributed by atoms with Crippen LogP contribution in [0.15, 0.2) is 42.9 Å². The van der Waals surface area contributed by atoms with E-state index >= 15 is 0 Å². The molecule has 5 aromatic heterocycles. The van der Waals surface area contributed by atoms with E-state index in [1.807, 2.05) is 12.1 Å². The maximum Gasteiger partial charge on any atom is 0.339 e. The van der Waals surface area contributed by atoms with Gasteiger partial charge in [0.2, 0.25) is 11.2 Å². The molecule has 286 valence electrons. The molecule has 14 nitrogen and oxygen atoms in total. The van der Waals surface area contributed by atoms with Crippen LogP contribution in [-0.4, -0.2) is 96.9 Å². The van der Waals surface area contributed by atoms with Crippen molar-refractivity contribution in [3.8, 4) is 0 Å². The van der Waals surface area contributed by atoms with E-state index in [1.165, 1.54) is 51.8 Å². The van der Waals surface area contributed by atoms with Crippen molar-refractivity contribution in [3.63, 3.8) is 0 Å². The molecule has 15 heteroatoms. The van der Waals surface area contributed by atoms with Crippen LogP contribution in [0.4, 0.5) is 11.8 Å². The summed E-state index contributed by atoms with van der Waals surface area (Å²) in [6.45, 7) is 0. The molecule has 0 spiro atoms. The molecule has 1 N–H and O–H groups in total. The first kappa shape index (κ1) is 38.6. The molecule has 5 heterocycles. The summed E-state index contributed by atoms with van der Waals surface area (Å²) in [5.41, 5.74) is 3.21. The molecule has 2 fully saturated rings. The van der Waals surface area contributed by atoms with E-state index in [0.717, 1.165) is 60.6 Å². The molecule has 7 rings (SSSR count). The number of methoxy groups -OCH3 is 1. The Bertz CT molecular complexity index is 2090. The summed E-state index contributed by atoms with van der Waals surface area (Å²) in [4.78, 5) is 62.2. The minimum absolute atomic E-state index is 0.00151. The summed E-state index contributed by atoms with van der Waals surface area (Å²) in [5.74, 6) is 0.406. The van der Waals surface area contributed by atoms with Gasteiger partial charge in [-0.05, 0) is 61.5 Å². The number of hydrogen-bond acceptors (Lipinski definition) is 10. The van der Waals surface area contributed by atoms with E-state index in [4.69, 9.17) is 21.3 Å². The van der Waals surface area contributed by atoms with Crippen LogP contribution >= 0.6 is 11.6 Å². The zero-order valence-corrected chi connectivity index (χ0v) is 32.5. The number of rotatable bonds is 7. The van der Waals surface area contributed by atoms with Gasteiger partial charge in [0, 0.05) is 69.6 Å². The lowest BCUT2D eigenvalue weighted by Crippen LogP contribution is -2.26. The van der Waals surface area contributed by atoms with Gasteiger partial charge in [0.1, 0.15) is 28.5 Å². The van der Waals surface area contributed by atoms with Crippen LogP contribution in [-0.2, 0) is 4.74 Å². The SMILES string of the molecule is CN(C)C(=O)c1cc2cnc(Cl)nc2n1C1CCCCCC1.COC(=O)c1ccc(Nc2ncc3cc(C(=O)N(C)C)n(C4CCCCCC4)c3n2)nc1. The number of pyridine rings is 1. The summed E-state index contributed by atoms with van der Waals surface area (Å²) in [7, 11) is 8.40. The van der Waals surface area contributed by atoms with Crippen molar-refractivity contribution in [3.05, 3.63) is 65.1 Å². The molecule has 2 saturated carbocycles. The fourth-order valence-corrected chi connectivity index (χ4v) is 7.56. The topological polar surface area (TPSA) is 153 Å². The van der Waals surface area contributed by atoms with Crippen molar-refractivity contribution in [1.29, 1.82) is 0 Å². The highest BCUT2D eigenvalue weighted by atomic mass is 35.5. The number of hydrogen-bond donors (Lipinski definition) is 1. The highest BCUT2D eigenvalue weighted by molar-refractivity contribution is 6.28. The number of aromatic nitrogens is 7. The second-order valence-electron chi connectivity index (χ2n) is 14.4. The molecule has 54 heavy (non-hydrogen) atoms. The molecule has 0 aromatic carbocycles. The van der Waals surface area contributed by atoms with Gasteiger partial charge < -0.3 is 29.0 Å². The average Bonchev–Trinajstić information content (AvgIpc) is 3.43. The van der Waals surface area contributed by atoms with Gasteiger partial charge in [-0.2, -0.15) is 9.97 Å². The average molecular weight is 757 g/mol. The Morgan fingerprint density at radius 3 is 1.67 bits per heavy atom. The van der Waals surface area contributed by atoms with Gasteiger partial charge in [0.25, 0.3) is 11.8 Å². The Balaban J connectivity index is 0.000000197. The highest BCUT2D eigenvalue weighted by Crippen LogP contribution is 2.34. The smallest absolute Gasteiger partial charge is 0.339 e. The van der Waals surface area contributed by atoms with Crippen molar-refractivity contribution in [2.75, 3.05) is 40.6 Å². The van der Waals surface area contributed by atoms with Crippen LogP contribution in [0.25, 0.3) is 22.1 Å². The van der Waals surface area contributed by atoms with Gasteiger partial charge in [-0.3, -0.25) is 9.59 Å². The molecule has 0 saturated heterocycles. The van der Waals surface area contributed by atoms with Crippen molar-refractivity contribution in [2.24, 2.45) is 0 Å². The third-order valence-electron chi connectivity index (χ3n) is 10.2. The maximum absolute atomic E-state index is 12.9. The Morgan fingerprint density at radius 2 is 1.20 bits per heavy atom. The zero-order valence-electron chi connectivity index (χ0n) is 31.7.